The highest BCUT2D eigenvalue weighted by molar-refractivity contribution is 6.87. The Morgan fingerprint density at radius 2 is 1.34 bits per heavy atom. The summed E-state index contributed by atoms with van der Waals surface area (Å²) in [5, 5.41) is 0.837. The summed E-state index contributed by atoms with van der Waals surface area (Å²) in [6, 6.07) is 6.07. The molecule has 0 saturated heterocycles. The van der Waals surface area contributed by atoms with Crippen molar-refractivity contribution in [2.45, 2.75) is 102 Å². The Kier molecular flexibility index (Phi) is 10.3. The van der Waals surface area contributed by atoms with E-state index in [-0.39, 0.29) is 17.8 Å². The van der Waals surface area contributed by atoms with Crippen LogP contribution in [-0.2, 0) is 23.4 Å². The minimum atomic E-state index is -2.35. The van der Waals surface area contributed by atoms with Crippen LogP contribution in [0.5, 0.6) is 11.5 Å². The maximum atomic E-state index is 14.5. The Bertz CT molecular complexity index is 1100. The van der Waals surface area contributed by atoms with Crippen molar-refractivity contribution in [2.75, 3.05) is 35.5 Å². The number of benzene rings is 1. The number of hydrogen-bond acceptors (Lipinski definition) is 7. The van der Waals surface area contributed by atoms with E-state index in [1.807, 2.05) is 12.1 Å². The Morgan fingerprint density at radius 3 is 1.76 bits per heavy atom. The van der Waals surface area contributed by atoms with Gasteiger partial charge < -0.3 is 28.1 Å². The molecule has 0 unspecified atom stereocenters. The fraction of sp³-hybridized carbons (Fsp3) is 0.719. The van der Waals surface area contributed by atoms with Crippen LogP contribution < -0.4 is 9.47 Å². The van der Waals surface area contributed by atoms with Gasteiger partial charge in [-0.2, -0.15) is 0 Å². The maximum absolute atomic E-state index is 14.5. The highest BCUT2D eigenvalue weighted by Gasteiger charge is 2.66. The van der Waals surface area contributed by atoms with Crippen LogP contribution in [0, 0.1) is 11.8 Å². The molecule has 1 fully saturated rings. The van der Waals surface area contributed by atoms with Gasteiger partial charge in [-0.3, -0.25) is 4.79 Å². The zero-order chi connectivity index (χ0) is 31.1. The van der Waals surface area contributed by atoms with Gasteiger partial charge in [0.25, 0.3) is 0 Å². The molecule has 41 heavy (non-hydrogen) atoms. The van der Waals surface area contributed by atoms with Gasteiger partial charge in [-0.05, 0) is 40.7 Å². The van der Waals surface area contributed by atoms with E-state index in [2.05, 4.69) is 67.2 Å². The van der Waals surface area contributed by atoms with Crippen molar-refractivity contribution in [1.82, 2.24) is 0 Å². The van der Waals surface area contributed by atoms with Crippen LogP contribution >= 0.6 is 0 Å². The lowest BCUT2D eigenvalue weighted by Crippen LogP contribution is -2.66. The third-order valence-corrected chi connectivity index (χ3v) is 17.8. The molecule has 0 heterocycles. The Morgan fingerprint density at radius 1 is 0.805 bits per heavy atom. The Hall–Kier alpha value is -1.66. The van der Waals surface area contributed by atoms with Crippen molar-refractivity contribution < 1.29 is 32.9 Å². The number of methoxy groups -OCH3 is 5. The molecule has 0 radical (unpaired) electrons. The van der Waals surface area contributed by atoms with Crippen LogP contribution in [0.1, 0.15) is 59.4 Å². The molecule has 2 aliphatic carbocycles. The van der Waals surface area contributed by atoms with Crippen LogP contribution in [-0.4, -0.2) is 69.6 Å². The first kappa shape index (κ1) is 33.8. The van der Waals surface area contributed by atoms with Crippen molar-refractivity contribution in [1.29, 1.82) is 0 Å². The molecule has 1 aromatic rings. The molecule has 2 aliphatic rings. The molecule has 7 nitrogen and oxygen atoms in total. The number of Topliss-reactive ketones (excluding diaryl/α,β-unsaturated/α-hetero) is 1. The van der Waals surface area contributed by atoms with Gasteiger partial charge in [0.15, 0.2) is 23.1 Å². The first-order valence-corrected chi connectivity index (χ1v) is 20.6. The topological polar surface area (TPSA) is 72.5 Å². The van der Waals surface area contributed by atoms with Crippen molar-refractivity contribution in [3.63, 3.8) is 0 Å². The van der Waals surface area contributed by atoms with Gasteiger partial charge in [0.1, 0.15) is 5.76 Å². The number of carbonyl (C=O) groups excluding carboxylic acids is 1. The normalized spacial score (nSPS) is 24.9. The summed E-state index contributed by atoms with van der Waals surface area (Å²) < 4.78 is 37.8. The average molecular weight is 607 g/mol. The van der Waals surface area contributed by atoms with Gasteiger partial charge >= 0.3 is 0 Å². The second-order valence-electron chi connectivity index (χ2n) is 13.6. The molecule has 2 bridgehead atoms. The van der Waals surface area contributed by atoms with Crippen LogP contribution in [0.2, 0.25) is 36.3 Å². The molecule has 0 amide bonds. The number of ketones is 1. The van der Waals surface area contributed by atoms with E-state index >= 15 is 0 Å². The molecular weight excluding hydrogens is 553 g/mol. The van der Waals surface area contributed by atoms with E-state index in [9.17, 15) is 4.79 Å². The average Bonchev–Trinajstić information content (AvgIpc) is 2.91. The van der Waals surface area contributed by atoms with Gasteiger partial charge in [-0.1, -0.05) is 67.2 Å². The lowest BCUT2D eigenvalue weighted by Gasteiger charge is -2.58. The smallest absolute Gasteiger partial charge is 0.200 e. The van der Waals surface area contributed by atoms with Gasteiger partial charge in [0.2, 0.25) is 8.32 Å². The molecule has 4 atom stereocenters. The zero-order valence-electron chi connectivity index (χ0n) is 27.8. The third-order valence-electron chi connectivity index (χ3n) is 9.70. The summed E-state index contributed by atoms with van der Waals surface area (Å²) in [6.45, 7) is 20.4. The summed E-state index contributed by atoms with van der Waals surface area (Å²) in [5.41, 5.74) is 2.18. The van der Waals surface area contributed by atoms with Gasteiger partial charge in [-0.15, -0.1) is 0 Å². The number of fused-ring (bicyclic) bond motifs is 2. The first-order valence-electron chi connectivity index (χ1n) is 15.0. The van der Waals surface area contributed by atoms with Crippen molar-refractivity contribution in [3.8, 4) is 11.5 Å². The van der Waals surface area contributed by atoms with Crippen LogP contribution in [0.4, 0.5) is 0 Å². The van der Waals surface area contributed by atoms with Crippen molar-refractivity contribution in [2.24, 2.45) is 11.8 Å². The molecule has 232 valence electrons. The highest BCUT2D eigenvalue weighted by Crippen LogP contribution is 2.59. The van der Waals surface area contributed by atoms with Crippen molar-refractivity contribution >= 4 is 22.2 Å². The summed E-state index contributed by atoms with van der Waals surface area (Å²) >= 11 is 0. The van der Waals surface area contributed by atoms with E-state index < -0.39 is 34.0 Å². The Labute approximate surface area is 250 Å². The molecule has 0 N–H and O–H groups in total. The van der Waals surface area contributed by atoms with Crippen LogP contribution in [0.25, 0.3) is 0 Å². The molecule has 3 rings (SSSR count). The standard InChI is InChI=1S/C32H54O7Si2/c1-19(2)41(20(3)4,21(5)6)39-26-18-23-29(33)31(40(12,13)14)30(36-9)28(32(23,37-10)38-11)27(26)22-15-16-24(34-7)25(17-22)35-8/h15-17,19-21,23,26-28H,18H2,1-14H3/t23-,26-,27+,28+/m0/s1. The fourth-order valence-corrected chi connectivity index (χ4v) is 15.7. The fourth-order valence-electron chi connectivity index (χ4n) is 8.16. The van der Waals surface area contributed by atoms with E-state index in [4.69, 9.17) is 28.1 Å². The second kappa shape index (κ2) is 12.5. The third kappa shape index (κ3) is 5.46. The highest BCUT2D eigenvalue weighted by atomic mass is 28.4. The first-order chi connectivity index (χ1) is 19.1. The predicted octanol–water partition coefficient (Wildman–Crippen LogP) is 7.33. The molecule has 9 heteroatoms. The van der Waals surface area contributed by atoms with E-state index in [0.29, 0.717) is 40.3 Å². The van der Waals surface area contributed by atoms with Gasteiger partial charge in [0.05, 0.1) is 47.3 Å². The summed E-state index contributed by atoms with van der Waals surface area (Å²) in [7, 11) is 3.78. The van der Waals surface area contributed by atoms with E-state index in [1.54, 1.807) is 35.5 Å². The van der Waals surface area contributed by atoms with E-state index in [1.165, 1.54) is 0 Å². The molecule has 1 aromatic carbocycles. The molecule has 1 saturated carbocycles. The number of rotatable bonds is 12. The van der Waals surface area contributed by atoms with Gasteiger partial charge in [0, 0.05) is 25.3 Å². The molecule has 0 aliphatic heterocycles. The lowest BCUT2D eigenvalue weighted by molar-refractivity contribution is -0.290. The largest absolute Gasteiger partial charge is 0.501 e. The lowest BCUT2D eigenvalue weighted by atomic mass is 9.60. The molecule has 0 aromatic heterocycles. The Balaban J connectivity index is 2.44. The van der Waals surface area contributed by atoms with Crippen molar-refractivity contribution in [3.05, 3.63) is 34.7 Å². The summed E-state index contributed by atoms with van der Waals surface area (Å²) in [5.74, 6) is -0.272. The molecule has 0 spiro atoms. The number of ether oxygens (including phenoxy) is 5. The number of allylic oxidation sites excluding steroid dienone is 1. The maximum Gasteiger partial charge on any atom is 0.200 e. The number of carbonyl (C=O) groups is 1. The SMILES string of the molecule is COC1=C([Si](C)(C)C)C(=O)[C@@H]2C[C@H](O[Si](C(C)C)(C(C)C)C(C)C)[C@@H](c3ccc(OC)c(OC)c3)[C@H]1C2(OC)OC. The predicted molar refractivity (Wildman–Crippen MR) is 169 cm³/mol. The van der Waals surface area contributed by atoms with E-state index in [0.717, 1.165) is 10.8 Å². The van der Waals surface area contributed by atoms with Crippen LogP contribution in [0.3, 0.4) is 0 Å². The van der Waals surface area contributed by atoms with Gasteiger partial charge in [-0.25, -0.2) is 0 Å². The quantitative estimate of drug-likeness (QED) is 0.182. The zero-order valence-corrected chi connectivity index (χ0v) is 29.8. The minimum absolute atomic E-state index is 0.0752. The second-order valence-corrected chi connectivity index (χ2v) is 24.0. The molecular formula is C32H54O7Si2. The minimum Gasteiger partial charge on any atom is -0.501 e. The summed E-state index contributed by atoms with van der Waals surface area (Å²) in [6.07, 6.45) is 0.250. The van der Waals surface area contributed by atoms with Crippen LogP contribution in [0.15, 0.2) is 29.2 Å². The summed E-state index contributed by atoms with van der Waals surface area (Å²) in [4.78, 5) is 14.5. The monoisotopic (exact) mass is 606 g/mol. The number of hydrogen-bond donors (Lipinski definition) is 0.